The van der Waals surface area contributed by atoms with Gasteiger partial charge in [-0.1, -0.05) is 49.2 Å². The minimum Gasteiger partial charge on any atom is -0.434 e. The summed E-state index contributed by atoms with van der Waals surface area (Å²) in [6, 6.07) is 14.1. The standard InChI is InChI=1S/C22H26F2N2O2/c23-22(24)28-20-11-4-3-10-19(20)21(27)25-15-17-8-7-9-18(14-17)16-26-12-5-1-2-6-13-26/h3-4,7-11,14,22H,1-2,5-6,12-13,15-16H2,(H,25,27). The molecule has 1 N–H and O–H groups in total. The van der Waals surface area contributed by atoms with E-state index < -0.39 is 12.5 Å². The number of nitrogens with one attached hydrogen (secondary N) is 1. The van der Waals surface area contributed by atoms with Gasteiger partial charge in [-0.15, -0.1) is 0 Å². The van der Waals surface area contributed by atoms with E-state index in [0.29, 0.717) is 6.54 Å². The molecule has 1 fully saturated rings. The molecule has 0 unspecified atom stereocenters. The van der Waals surface area contributed by atoms with Gasteiger partial charge in [0.15, 0.2) is 0 Å². The SMILES string of the molecule is O=C(NCc1cccc(CN2CCCCCC2)c1)c1ccccc1OC(F)F. The summed E-state index contributed by atoms with van der Waals surface area (Å²) in [7, 11) is 0. The molecule has 2 aromatic rings. The van der Waals surface area contributed by atoms with Crippen LogP contribution in [0.4, 0.5) is 8.78 Å². The third-order valence-corrected chi connectivity index (χ3v) is 4.90. The zero-order valence-electron chi connectivity index (χ0n) is 15.9. The molecule has 6 heteroatoms. The van der Waals surface area contributed by atoms with Crippen molar-refractivity contribution in [2.75, 3.05) is 13.1 Å². The summed E-state index contributed by atoms with van der Waals surface area (Å²) in [6.07, 6.45) is 5.10. The summed E-state index contributed by atoms with van der Waals surface area (Å²) in [6.45, 7) is 0.524. The largest absolute Gasteiger partial charge is 0.434 e. The summed E-state index contributed by atoms with van der Waals surface area (Å²) in [5.41, 5.74) is 2.30. The number of rotatable bonds is 7. The van der Waals surface area contributed by atoms with Gasteiger partial charge in [-0.3, -0.25) is 9.69 Å². The molecule has 0 radical (unpaired) electrons. The molecule has 0 atom stereocenters. The molecule has 1 heterocycles. The van der Waals surface area contributed by atoms with Crippen molar-refractivity contribution < 1.29 is 18.3 Å². The van der Waals surface area contributed by atoms with E-state index in [1.165, 1.54) is 43.4 Å². The minimum absolute atomic E-state index is 0.100. The number of likely N-dealkylation sites (tertiary alicyclic amines) is 1. The van der Waals surface area contributed by atoms with Crippen LogP contribution in [-0.2, 0) is 13.1 Å². The molecule has 0 bridgehead atoms. The van der Waals surface area contributed by atoms with Crippen molar-refractivity contribution in [3.8, 4) is 5.75 Å². The van der Waals surface area contributed by atoms with Gasteiger partial charge in [0.25, 0.3) is 5.91 Å². The molecular formula is C22H26F2N2O2. The van der Waals surface area contributed by atoms with E-state index in [-0.39, 0.29) is 11.3 Å². The third-order valence-electron chi connectivity index (χ3n) is 4.90. The van der Waals surface area contributed by atoms with Gasteiger partial charge >= 0.3 is 6.61 Å². The number of halogens is 2. The number of alkyl halides is 2. The Labute approximate surface area is 164 Å². The first-order chi connectivity index (χ1) is 13.6. The number of carbonyl (C=O) groups excluding carboxylic acids is 1. The molecule has 3 rings (SSSR count). The van der Waals surface area contributed by atoms with E-state index in [1.807, 2.05) is 12.1 Å². The Balaban J connectivity index is 1.59. The summed E-state index contributed by atoms with van der Waals surface area (Å²) < 4.78 is 29.5. The van der Waals surface area contributed by atoms with Crippen molar-refractivity contribution in [1.82, 2.24) is 10.2 Å². The van der Waals surface area contributed by atoms with Crippen LogP contribution in [-0.4, -0.2) is 30.5 Å². The van der Waals surface area contributed by atoms with Crippen LogP contribution >= 0.6 is 0 Å². The van der Waals surface area contributed by atoms with Crippen molar-refractivity contribution >= 4 is 5.91 Å². The van der Waals surface area contributed by atoms with Crippen LogP contribution in [0, 0.1) is 0 Å². The monoisotopic (exact) mass is 388 g/mol. The van der Waals surface area contributed by atoms with Crippen molar-refractivity contribution in [2.45, 2.75) is 45.4 Å². The quantitative estimate of drug-likeness (QED) is 0.754. The molecule has 28 heavy (non-hydrogen) atoms. The summed E-state index contributed by atoms with van der Waals surface area (Å²) in [4.78, 5) is 14.9. The second kappa shape index (κ2) is 10.2. The van der Waals surface area contributed by atoms with Crippen LogP contribution in [0.2, 0.25) is 0 Å². The zero-order chi connectivity index (χ0) is 19.8. The second-order valence-electron chi connectivity index (χ2n) is 7.07. The number of benzene rings is 2. The van der Waals surface area contributed by atoms with Gasteiger partial charge in [0.1, 0.15) is 5.75 Å². The molecule has 0 spiro atoms. The molecule has 1 saturated heterocycles. The number of ether oxygens (including phenoxy) is 1. The molecule has 1 amide bonds. The maximum absolute atomic E-state index is 12.5. The lowest BCUT2D eigenvalue weighted by Gasteiger charge is -2.20. The first-order valence-electron chi connectivity index (χ1n) is 9.74. The number of hydrogen-bond acceptors (Lipinski definition) is 3. The van der Waals surface area contributed by atoms with Crippen LogP contribution in [0.1, 0.15) is 47.2 Å². The number of para-hydroxylation sites is 1. The average molecular weight is 388 g/mol. The van der Waals surface area contributed by atoms with Gasteiger partial charge in [0.05, 0.1) is 5.56 Å². The van der Waals surface area contributed by atoms with Crippen molar-refractivity contribution in [3.05, 3.63) is 65.2 Å². The molecule has 0 saturated carbocycles. The van der Waals surface area contributed by atoms with Crippen molar-refractivity contribution in [1.29, 1.82) is 0 Å². The van der Waals surface area contributed by atoms with Crippen molar-refractivity contribution in [3.63, 3.8) is 0 Å². The van der Waals surface area contributed by atoms with E-state index in [1.54, 1.807) is 12.1 Å². The highest BCUT2D eigenvalue weighted by atomic mass is 19.3. The Morgan fingerprint density at radius 2 is 1.71 bits per heavy atom. The van der Waals surface area contributed by atoms with E-state index in [0.717, 1.165) is 25.2 Å². The van der Waals surface area contributed by atoms with Crippen LogP contribution < -0.4 is 10.1 Å². The molecule has 4 nitrogen and oxygen atoms in total. The van der Waals surface area contributed by atoms with E-state index in [4.69, 9.17) is 0 Å². The van der Waals surface area contributed by atoms with E-state index in [2.05, 4.69) is 27.1 Å². The first-order valence-corrected chi connectivity index (χ1v) is 9.74. The Kier molecular flexibility index (Phi) is 7.37. The second-order valence-corrected chi connectivity index (χ2v) is 7.07. The molecule has 150 valence electrons. The van der Waals surface area contributed by atoms with Gasteiger partial charge in [0.2, 0.25) is 0 Å². The lowest BCUT2D eigenvalue weighted by atomic mass is 10.1. The zero-order valence-corrected chi connectivity index (χ0v) is 15.9. The summed E-state index contributed by atoms with van der Waals surface area (Å²) in [5, 5.41) is 2.79. The maximum atomic E-state index is 12.5. The van der Waals surface area contributed by atoms with E-state index in [9.17, 15) is 13.6 Å². The smallest absolute Gasteiger partial charge is 0.387 e. The van der Waals surface area contributed by atoms with Crippen molar-refractivity contribution in [2.24, 2.45) is 0 Å². The highest BCUT2D eigenvalue weighted by Crippen LogP contribution is 2.20. The van der Waals surface area contributed by atoms with Gasteiger partial charge in [-0.2, -0.15) is 8.78 Å². The lowest BCUT2D eigenvalue weighted by molar-refractivity contribution is -0.0501. The van der Waals surface area contributed by atoms with Gasteiger partial charge < -0.3 is 10.1 Å². The number of amides is 1. The highest BCUT2D eigenvalue weighted by Gasteiger charge is 2.15. The molecule has 0 aromatic heterocycles. The molecule has 1 aliphatic heterocycles. The Hall–Kier alpha value is -2.47. The topological polar surface area (TPSA) is 41.6 Å². The fourth-order valence-electron chi connectivity index (χ4n) is 3.52. The summed E-state index contributed by atoms with van der Waals surface area (Å²) >= 11 is 0. The lowest BCUT2D eigenvalue weighted by Crippen LogP contribution is -2.25. The Morgan fingerprint density at radius 3 is 2.46 bits per heavy atom. The third kappa shape index (κ3) is 6.02. The molecule has 2 aromatic carbocycles. The number of hydrogen-bond donors (Lipinski definition) is 1. The van der Waals surface area contributed by atoms with E-state index >= 15 is 0 Å². The van der Waals surface area contributed by atoms with Gasteiger partial charge in [-0.05, 0) is 49.2 Å². The first kappa shape index (κ1) is 20.3. The summed E-state index contributed by atoms with van der Waals surface area (Å²) in [5.74, 6) is -0.556. The highest BCUT2D eigenvalue weighted by molar-refractivity contribution is 5.96. The Morgan fingerprint density at radius 1 is 1.00 bits per heavy atom. The van der Waals surface area contributed by atoms with Gasteiger partial charge in [0, 0.05) is 13.1 Å². The van der Waals surface area contributed by atoms with Gasteiger partial charge in [-0.25, -0.2) is 0 Å². The van der Waals surface area contributed by atoms with Crippen LogP contribution in [0.3, 0.4) is 0 Å². The van der Waals surface area contributed by atoms with Crippen LogP contribution in [0.15, 0.2) is 48.5 Å². The fourth-order valence-corrected chi connectivity index (χ4v) is 3.52. The number of nitrogens with zero attached hydrogens (tertiary/aromatic N) is 1. The molecule has 1 aliphatic rings. The maximum Gasteiger partial charge on any atom is 0.387 e. The Bertz CT molecular complexity index is 775. The molecule has 0 aliphatic carbocycles. The average Bonchev–Trinajstić information content (AvgIpc) is 2.95. The predicted molar refractivity (Wildman–Crippen MR) is 104 cm³/mol. The van der Waals surface area contributed by atoms with Crippen LogP contribution in [0.5, 0.6) is 5.75 Å². The fraction of sp³-hybridized carbons (Fsp3) is 0.409. The minimum atomic E-state index is -2.97. The molecular weight excluding hydrogens is 362 g/mol. The predicted octanol–water partition coefficient (Wildman–Crippen LogP) is 4.59. The normalized spacial score (nSPS) is 15.2. The van der Waals surface area contributed by atoms with Crippen LogP contribution in [0.25, 0.3) is 0 Å². The number of carbonyl (C=O) groups is 1.